The van der Waals surface area contributed by atoms with Gasteiger partial charge in [-0.3, -0.25) is 4.79 Å². The maximum absolute atomic E-state index is 13.3. The van der Waals surface area contributed by atoms with Crippen LogP contribution in [-0.2, 0) is 11.3 Å². The highest BCUT2D eigenvalue weighted by atomic mass is 79.9. The topological polar surface area (TPSA) is 96.2 Å². The molecule has 3 heterocycles. The van der Waals surface area contributed by atoms with Gasteiger partial charge in [-0.15, -0.1) is 0 Å². The highest BCUT2D eigenvalue weighted by Crippen LogP contribution is 2.41. The Morgan fingerprint density at radius 2 is 1.94 bits per heavy atom. The van der Waals surface area contributed by atoms with Gasteiger partial charge in [0.25, 0.3) is 0 Å². The lowest BCUT2D eigenvalue weighted by molar-refractivity contribution is 0.00880. The van der Waals surface area contributed by atoms with Crippen molar-refractivity contribution >= 4 is 27.8 Å². The third-order valence-electron chi connectivity index (χ3n) is 4.94. The van der Waals surface area contributed by atoms with Crippen LogP contribution in [-0.4, -0.2) is 24.8 Å². The Balaban J connectivity index is 1.44. The second-order valence-electron chi connectivity index (χ2n) is 6.91. The Labute approximate surface area is 185 Å². The number of alkyl carbamates (subject to hydrolysis) is 1. The zero-order valence-electron chi connectivity index (χ0n) is 16.0. The van der Waals surface area contributed by atoms with E-state index in [1.165, 1.54) is 6.26 Å². The summed E-state index contributed by atoms with van der Waals surface area (Å²) in [5.74, 6) is 1.75. The lowest BCUT2D eigenvalue weighted by atomic mass is 9.93. The normalized spacial score (nSPS) is 18.8. The van der Waals surface area contributed by atoms with Crippen LogP contribution in [0.3, 0.4) is 0 Å². The van der Waals surface area contributed by atoms with Crippen molar-refractivity contribution in [2.75, 3.05) is 6.79 Å². The van der Waals surface area contributed by atoms with E-state index >= 15 is 0 Å². The van der Waals surface area contributed by atoms with Gasteiger partial charge in [0.05, 0.1) is 18.4 Å². The van der Waals surface area contributed by atoms with Crippen LogP contribution in [0.4, 0.5) is 4.79 Å². The number of hydrogen-bond donors (Lipinski definition) is 1. The molecular weight excluding hydrogens is 470 g/mol. The minimum atomic E-state index is -1.20. The molecule has 0 fully saturated rings. The molecule has 5 rings (SSSR count). The molecule has 1 amide bonds. The van der Waals surface area contributed by atoms with Crippen molar-refractivity contribution in [1.29, 1.82) is 0 Å². The molecule has 9 heteroatoms. The van der Waals surface area contributed by atoms with Gasteiger partial charge in [0, 0.05) is 10.0 Å². The van der Waals surface area contributed by atoms with Crippen LogP contribution in [0.5, 0.6) is 17.2 Å². The molecule has 3 aromatic rings. The summed E-state index contributed by atoms with van der Waals surface area (Å²) in [7, 11) is 0. The Hall–Kier alpha value is -3.46. The molecule has 0 saturated heterocycles. The van der Waals surface area contributed by atoms with Crippen molar-refractivity contribution in [2.24, 2.45) is 0 Å². The van der Waals surface area contributed by atoms with E-state index in [1.54, 1.807) is 48.5 Å². The van der Waals surface area contributed by atoms with Crippen LogP contribution in [0.2, 0.25) is 0 Å². The first-order chi connectivity index (χ1) is 15.1. The average molecular weight is 486 g/mol. The van der Waals surface area contributed by atoms with Crippen LogP contribution < -0.4 is 19.5 Å². The first-order valence-electron chi connectivity index (χ1n) is 9.45. The fourth-order valence-electron chi connectivity index (χ4n) is 3.46. The Bertz CT molecular complexity index is 1140. The lowest BCUT2D eigenvalue weighted by Gasteiger charge is -2.32. The SMILES string of the molecule is O=C(NCc1ccco1)O[C@@H]1C(=O)c2cc(Br)ccc2O[C@H]1c1ccc2c(c1)OCO2. The monoisotopic (exact) mass is 485 g/mol. The van der Waals surface area contributed by atoms with Gasteiger partial charge in [0.1, 0.15) is 11.5 Å². The number of halogens is 1. The summed E-state index contributed by atoms with van der Waals surface area (Å²) in [6.07, 6.45) is -1.31. The summed E-state index contributed by atoms with van der Waals surface area (Å²) in [4.78, 5) is 25.7. The predicted molar refractivity (Wildman–Crippen MR) is 110 cm³/mol. The lowest BCUT2D eigenvalue weighted by Crippen LogP contribution is -2.42. The van der Waals surface area contributed by atoms with E-state index in [2.05, 4.69) is 21.2 Å². The summed E-state index contributed by atoms with van der Waals surface area (Å²) in [5, 5.41) is 2.59. The third kappa shape index (κ3) is 3.84. The number of hydrogen-bond acceptors (Lipinski definition) is 7. The van der Waals surface area contributed by atoms with E-state index in [0.29, 0.717) is 38.6 Å². The standard InChI is InChI=1S/C22H16BrNO7/c23-13-4-6-16-15(9-13)19(25)21(31-22(26)24-10-14-2-1-7-27-14)20(30-16)12-3-5-17-18(8-12)29-11-28-17/h1-9,20-21H,10-11H2,(H,24,26)/t20-,21+/m0/s1. The number of fused-ring (bicyclic) bond motifs is 2. The molecule has 1 N–H and O–H groups in total. The number of amides is 1. The van der Waals surface area contributed by atoms with Crippen molar-refractivity contribution < 1.29 is 33.0 Å². The fraction of sp³-hybridized carbons (Fsp3) is 0.182. The largest absolute Gasteiger partial charge is 0.481 e. The minimum Gasteiger partial charge on any atom is -0.481 e. The van der Waals surface area contributed by atoms with Gasteiger partial charge in [0.2, 0.25) is 18.7 Å². The van der Waals surface area contributed by atoms with Crippen LogP contribution in [0.25, 0.3) is 0 Å². The molecule has 2 aliphatic rings. The summed E-state index contributed by atoms with van der Waals surface area (Å²) >= 11 is 3.36. The van der Waals surface area contributed by atoms with Crippen LogP contribution in [0.1, 0.15) is 27.8 Å². The van der Waals surface area contributed by atoms with E-state index < -0.39 is 18.3 Å². The molecule has 0 bridgehead atoms. The van der Waals surface area contributed by atoms with E-state index in [1.807, 2.05) is 0 Å². The second-order valence-corrected chi connectivity index (χ2v) is 7.83. The molecule has 2 aliphatic heterocycles. The number of rotatable bonds is 4. The van der Waals surface area contributed by atoms with Gasteiger partial charge in [-0.05, 0) is 42.5 Å². The van der Waals surface area contributed by atoms with Gasteiger partial charge >= 0.3 is 6.09 Å². The molecule has 0 aliphatic carbocycles. The fourth-order valence-corrected chi connectivity index (χ4v) is 3.83. The van der Waals surface area contributed by atoms with Crippen LogP contribution >= 0.6 is 15.9 Å². The molecule has 2 atom stereocenters. The van der Waals surface area contributed by atoms with E-state index in [4.69, 9.17) is 23.4 Å². The van der Waals surface area contributed by atoms with Gasteiger partial charge in [-0.2, -0.15) is 0 Å². The molecule has 0 radical (unpaired) electrons. The highest BCUT2D eigenvalue weighted by molar-refractivity contribution is 9.10. The Morgan fingerprint density at radius 3 is 2.77 bits per heavy atom. The van der Waals surface area contributed by atoms with Gasteiger partial charge in [-0.25, -0.2) is 4.79 Å². The van der Waals surface area contributed by atoms with E-state index in [0.717, 1.165) is 0 Å². The van der Waals surface area contributed by atoms with Crippen molar-refractivity contribution in [1.82, 2.24) is 5.32 Å². The zero-order chi connectivity index (χ0) is 21.4. The molecule has 158 valence electrons. The number of carbonyl (C=O) groups is 2. The first-order valence-corrected chi connectivity index (χ1v) is 10.2. The summed E-state index contributed by atoms with van der Waals surface area (Å²) in [6.45, 7) is 0.250. The maximum atomic E-state index is 13.3. The molecule has 31 heavy (non-hydrogen) atoms. The smallest absolute Gasteiger partial charge is 0.408 e. The number of carbonyl (C=O) groups excluding carboxylic acids is 2. The van der Waals surface area contributed by atoms with Crippen molar-refractivity contribution in [3.05, 3.63) is 76.2 Å². The molecule has 1 aromatic heterocycles. The molecule has 2 aromatic carbocycles. The minimum absolute atomic E-state index is 0.120. The van der Waals surface area contributed by atoms with Crippen molar-refractivity contribution in [2.45, 2.75) is 18.8 Å². The number of furan rings is 1. The molecule has 0 saturated carbocycles. The van der Waals surface area contributed by atoms with Gasteiger partial charge in [0.15, 0.2) is 17.6 Å². The quantitative estimate of drug-likeness (QED) is 0.585. The molecule has 0 unspecified atom stereocenters. The molecule has 8 nitrogen and oxygen atoms in total. The predicted octanol–water partition coefficient (Wildman–Crippen LogP) is 4.38. The Morgan fingerprint density at radius 1 is 1.10 bits per heavy atom. The number of ketones is 1. The molecule has 0 spiro atoms. The molecular formula is C22H16BrNO7. The third-order valence-corrected chi connectivity index (χ3v) is 5.43. The summed E-state index contributed by atoms with van der Waals surface area (Å²) in [5.41, 5.74) is 0.949. The van der Waals surface area contributed by atoms with Gasteiger partial charge in [-0.1, -0.05) is 22.0 Å². The van der Waals surface area contributed by atoms with Crippen LogP contribution in [0.15, 0.2) is 63.7 Å². The Kier molecular flexibility index (Phi) is 5.03. The number of nitrogens with one attached hydrogen (secondary N) is 1. The van der Waals surface area contributed by atoms with Crippen LogP contribution in [0, 0.1) is 0 Å². The second kappa shape index (κ2) is 7.99. The number of ether oxygens (including phenoxy) is 4. The zero-order valence-corrected chi connectivity index (χ0v) is 17.6. The number of benzene rings is 2. The summed E-state index contributed by atoms with van der Waals surface area (Å²) in [6, 6.07) is 13.8. The average Bonchev–Trinajstić information content (AvgIpc) is 3.45. The van der Waals surface area contributed by atoms with E-state index in [9.17, 15) is 9.59 Å². The van der Waals surface area contributed by atoms with Crippen molar-refractivity contribution in [3.63, 3.8) is 0 Å². The highest BCUT2D eigenvalue weighted by Gasteiger charge is 2.41. The van der Waals surface area contributed by atoms with Gasteiger partial charge < -0.3 is 28.7 Å². The summed E-state index contributed by atoms with van der Waals surface area (Å²) < 4.78 is 28.3. The number of Topliss-reactive ketones (excluding diaryl/α,β-unsaturated/α-hetero) is 1. The van der Waals surface area contributed by atoms with Crippen molar-refractivity contribution in [3.8, 4) is 17.2 Å². The maximum Gasteiger partial charge on any atom is 0.408 e. The van der Waals surface area contributed by atoms with E-state index in [-0.39, 0.29) is 19.1 Å². The first kappa shape index (κ1) is 19.5.